The zero-order valence-corrected chi connectivity index (χ0v) is 19.6. The van der Waals surface area contributed by atoms with E-state index in [9.17, 15) is 14.4 Å². The number of hydrazone groups is 1. The number of hydrogen-bond donors (Lipinski definition) is 1. The standard InChI is InChI=1S/C26H18Cl2N4O3/c27-15-10-11-19(18(28)12-15)31-25(34)20-21(26(31)35)23(24(33)30-16-7-2-1-3-8-16)32-22(20)17-9-5-4-6-14(17)13-29-32/h1-13,20-23H,(H,30,33)/t20-,21-,22-,23-/m1/s1. The molecule has 0 saturated carbocycles. The maximum absolute atomic E-state index is 13.8. The van der Waals surface area contributed by atoms with Gasteiger partial charge in [-0.2, -0.15) is 5.10 Å². The molecule has 0 aliphatic carbocycles. The Morgan fingerprint density at radius 3 is 2.37 bits per heavy atom. The largest absolute Gasteiger partial charge is 0.324 e. The Morgan fingerprint density at radius 1 is 0.886 bits per heavy atom. The van der Waals surface area contributed by atoms with Crippen LogP contribution in [0.1, 0.15) is 17.2 Å². The number of halogens is 2. The van der Waals surface area contributed by atoms with E-state index in [1.807, 2.05) is 30.3 Å². The van der Waals surface area contributed by atoms with E-state index in [1.54, 1.807) is 47.6 Å². The smallest absolute Gasteiger partial charge is 0.249 e. The van der Waals surface area contributed by atoms with Gasteiger partial charge in [-0.15, -0.1) is 0 Å². The highest BCUT2D eigenvalue weighted by molar-refractivity contribution is 6.38. The van der Waals surface area contributed by atoms with Crippen LogP contribution in [-0.2, 0) is 14.4 Å². The first-order chi connectivity index (χ1) is 17.0. The number of hydrogen-bond acceptors (Lipinski definition) is 5. The van der Waals surface area contributed by atoms with Gasteiger partial charge in [-0.05, 0) is 41.5 Å². The number of nitrogens with one attached hydrogen (secondary N) is 1. The predicted octanol–water partition coefficient (Wildman–Crippen LogP) is 4.51. The minimum absolute atomic E-state index is 0.184. The Kier molecular flexibility index (Phi) is 5.12. The van der Waals surface area contributed by atoms with Gasteiger partial charge in [-0.3, -0.25) is 19.4 Å². The van der Waals surface area contributed by atoms with Crippen LogP contribution in [0.15, 0.2) is 77.9 Å². The lowest BCUT2D eigenvalue weighted by Crippen LogP contribution is -2.46. The minimum atomic E-state index is -0.984. The lowest BCUT2D eigenvalue weighted by Gasteiger charge is -2.33. The number of carbonyl (C=O) groups excluding carboxylic acids is 3. The quantitative estimate of drug-likeness (QED) is 0.532. The second-order valence-electron chi connectivity index (χ2n) is 8.66. The molecule has 3 aliphatic rings. The topological polar surface area (TPSA) is 82.1 Å². The van der Waals surface area contributed by atoms with Crippen molar-refractivity contribution >= 4 is 58.5 Å². The number of benzene rings is 3. The van der Waals surface area contributed by atoms with Gasteiger partial charge in [0.15, 0.2) is 0 Å². The summed E-state index contributed by atoms with van der Waals surface area (Å²) in [6, 6.07) is 19.6. The van der Waals surface area contributed by atoms with Crippen LogP contribution in [0.3, 0.4) is 0 Å². The van der Waals surface area contributed by atoms with Gasteiger partial charge in [0.25, 0.3) is 0 Å². The normalized spacial score (nSPS) is 24.3. The van der Waals surface area contributed by atoms with E-state index < -0.39 is 41.6 Å². The first-order valence-electron chi connectivity index (χ1n) is 11.1. The van der Waals surface area contributed by atoms with Crippen molar-refractivity contribution in [2.75, 3.05) is 10.2 Å². The molecule has 9 heteroatoms. The second-order valence-corrected chi connectivity index (χ2v) is 9.50. The molecule has 3 aliphatic heterocycles. The van der Waals surface area contributed by atoms with Gasteiger partial charge in [0.05, 0.1) is 34.8 Å². The van der Waals surface area contributed by atoms with Crippen molar-refractivity contribution in [3.63, 3.8) is 0 Å². The van der Waals surface area contributed by atoms with Crippen LogP contribution >= 0.6 is 23.2 Å². The summed E-state index contributed by atoms with van der Waals surface area (Å²) in [5.74, 6) is -3.05. The van der Waals surface area contributed by atoms with Gasteiger partial charge in [-0.25, -0.2) is 4.90 Å². The molecule has 3 amide bonds. The summed E-state index contributed by atoms with van der Waals surface area (Å²) in [7, 11) is 0. The zero-order valence-electron chi connectivity index (χ0n) is 18.1. The van der Waals surface area contributed by atoms with Crippen LogP contribution in [-0.4, -0.2) is 35.0 Å². The molecular weight excluding hydrogens is 487 g/mol. The van der Waals surface area contributed by atoms with Crippen LogP contribution < -0.4 is 10.2 Å². The number of anilines is 2. The van der Waals surface area contributed by atoms with Gasteiger partial charge >= 0.3 is 0 Å². The molecule has 2 fully saturated rings. The highest BCUT2D eigenvalue weighted by Crippen LogP contribution is 2.53. The summed E-state index contributed by atoms with van der Waals surface area (Å²) < 4.78 is 0. The van der Waals surface area contributed by atoms with Gasteiger partial charge < -0.3 is 5.32 Å². The van der Waals surface area contributed by atoms with Crippen LogP contribution in [0, 0.1) is 11.8 Å². The zero-order chi connectivity index (χ0) is 24.3. The Morgan fingerprint density at radius 2 is 1.60 bits per heavy atom. The molecule has 4 atom stereocenters. The van der Waals surface area contributed by atoms with E-state index in [-0.39, 0.29) is 10.7 Å². The fraction of sp³-hybridized carbons (Fsp3) is 0.154. The average Bonchev–Trinajstić information content (AvgIpc) is 3.33. The third-order valence-electron chi connectivity index (χ3n) is 6.75. The SMILES string of the molecule is O=C(Nc1ccccc1)[C@H]1[C@@H]2C(=O)N(c3ccc(Cl)cc3Cl)C(=O)[C@H]2[C@H]2c3ccccc3C=NN21. The van der Waals surface area contributed by atoms with E-state index >= 15 is 0 Å². The molecule has 0 aromatic heterocycles. The highest BCUT2D eigenvalue weighted by atomic mass is 35.5. The lowest BCUT2D eigenvalue weighted by molar-refractivity contribution is -0.129. The molecule has 6 rings (SSSR count). The number of amides is 3. The van der Waals surface area contributed by atoms with Gasteiger partial charge in [-0.1, -0.05) is 65.7 Å². The maximum atomic E-state index is 13.8. The molecule has 0 bridgehead atoms. The van der Waals surface area contributed by atoms with Crippen molar-refractivity contribution in [2.45, 2.75) is 12.1 Å². The Hall–Kier alpha value is -3.68. The first-order valence-corrected chi connectivity index (χ1v) is 11.8. The summed E-state index contributed by atoms with van der Waals surface area (Å²) in [4.78, 5) is 42.3. The molecule has 3 aromatic rings. The van der Waals surface area contributed by atoms with E-state index in [1.165, 1.54) is 6.07 Å². The highest BCUT2D eigenvalue weighted by Gasteiger charge is 2.65. The second kappa shape index (κ2) is 8.22. The summed E-state index contributed by atoms with van der Waals surface area (Å²) in [5, 5.41) is 9.59. The number of nitrogens with zero attached hydrogens (tertiary/aromatic N) is 3. The third kappa shape index (κ3) is 3.34. The van der Waals surface area contributed by atoms with E-state index in [2.05, 4.69) is 10.4 Å². The van der Waals surface area contributed by atoms with Gasteiger partial charge in [0, 0.05) is 10.7 Å². The Balaban J connectivity index is 1.46. The number of rotatable bonds is 3. The third-order valence-corrected chi connectivity index (χ3v) is 7.29. The maximum Gasteiger partial charge on any atom is 0.249 e. The molecule has 0 radical (unpaired) electrons. The molecule has 0 spiro atoms. The summed E-state index contributed by atoms with van der Waals surface area (Å²) >= 11 is 12.4. The lowest BCUT2D eigenvalue weighted by atomic mass is 9.85. The first kappa shape index (κ1) is 21.8. The molecular formula is C26H18Cl2N4O3. The summed E-state index contributed by atoms with van der Waals surface area (Å²) in [6.45, 7) is 0. The van der Waals surface area contributed by atoms with E-state index in [0.717, 1.165) is 16.0 Å². The fourth-order valence-corrected chi connectivity index (χ4v) is 5.80. The average molecular weight is 505 g/mol. The van der Waals surface area contributed by atoms with Crippen molar-refractivity contribution < 1.29 is 14.4 Å². The van der Waals surface area contributed by atoms with Crippen molar-refractivity contribution in [3.05, 3.63) is 94.0 Å². The Bertz CT molecular complexity index is 1410. The molecule has 35 heavy (non-hydrogen) atoms. The van der Waals surface area contributed by atoms with Crippen molar-refractivity contribution in [1.82, 2.24) is 5.01 Å². The molecule has 0 unspecified atom stereocenters. The summed E-state index contributed by atoms with van der Waals surface area (Å²) in [5.41, 5.74) is 2.53. The fourth-order valence-electron chi connectivity index (χ4n) is 5.31. The summed E-state index contributed by atoms with van der Waals surface area (Å²) in [6.07, 6.45) is 1.67. The molecule has 7 nitrogen and oxygen atoms in total. The monoisotopic (exact) mass is 504 g/mol. The van der Waals surface area contributed by atoms with Crippen molar-refractivity contribution in [2.24, 2.45) is 16.9 Å². The predicted molar refractivity (Wildman–Crippen MR) is 133 cm³/mol. The number of imide groups is 1. The van der Waals surface area contributed by atoms with Crippen LogP contribution in [0.5, 0.6) is 0 Å². The van der Waals surface area contributed by atoms with Crippen molar-refractivity contribution in [1.29, 1.82) is 0 Å². The van der Waals surface area contributed by atoms with Crippen LogP contribution in [0.25, 0.3) is 0 Å². The van der Waals surface area contributed by atoms with Gasteiger partial charge in [0.2, 0.25) is 17.7 Å². The molecule has 2 saturated heterocycles. The van der Waals surface area contributed by atoms with Crippen LogP contribution in [0.2, 0.25) is 10.0 Å². The minimum Gasteiger partial charge on any atom is -0.324 e. The van der Waals surface area contributed by atoms with Crippen molar-refractivity contribution in [3.8, 4) is 0 Å². The molecule has 3 aromatic carbocycles. The van der Waals surface area contributed by atoms with Gasteiger partial charge in [0.1, 0.15) is 6.04 Å². The van der Waals surface area contributed by atoms with Crippen LogP contribution in [0.4, 0.5) is 11.4 Å². The number of para-hydroxylation sites is 1. The molecule has 1 N–H and O–H groups in total. The number of fused-ring (bicyclic) bond motifs is 5. The number of carbonyl (C=O) groups is 3. The molecule has 3 heterocycles. The van der Waals surface area contributed by atoms with E-state index in [4.69, 9.17) is 23.2 Å². The Labute approximate surface area is 210 Å². The van der Waals surface area contributed by atoms with E-state index in [0.29, 0.717) is 10.7 Å². The molecule has 174 valence electrons.